The van der Waals surface area contributed by atoms with E-state index < -0.39 is 0 Å². The maximum absolute atomic E-state index is 12.6. The van der Waals surface area contributed by atoms with Crippen molar-refractivity contribution in [3.63, 3.8) is 0 Å². The van der Waals surface area contributed by atoms with Crippen LogP contribution in [-0.4, -0.2) is 29.1 Å². The minimum atomic E-state index is -0.122. The zero-order valence-corrected chi connectivity index (χ0v) is 17.8. The first-order valence-electron chi connectivity index (χ1n) is 10.4. The maximum Gasteiger partial charge on any atom is 0.257 e. The largest absolute Gasteiger partial charge is 0.360 e. The van der Waals surface area contributed by atoms with Gasteiger partial charge < -0.3 is 9.84 Å². The smallest absolute Gasteiger partial charge is 0.257 e. The number of carbonyl (C=O) groups excluding carboxylic acids is 1. The summed E-state index contributed by atoms with van der Waals surface area (Å²) in [7, 11) is 0. The molecular formula is C23H33N3O2. The number of rotatable bonds is 6. The van der Waals surface area contributed by atoms with Gasteiger partial charge in [0, 0.05) is 32.1 Å². The number of hydrogen-bond donors (Lipinski definition) is 1. The van der Waals surface area contributed by atoms with Crippen molar-refractivity contribution in [1.82, 2.24) is 15.4 Å². The van der Waals surface area contributed by atoms with Crippen LogP contribution in [0, 0.1) is 18.8 Å². The number of nitrogens with zero attached hydrogens (tertiary/aromatic N) is 2. The number of aryl methyl sites for hydroxylation is 1. The Morgan fingerprint density at radius 2 is 1.79 bits per heavy atom. The van der Waals surface area contributed by atoms with Crippen molar-refractivity contribution >= 4 is 5.91 Å². The Balaban J connectivity index is 1.56. The maximum atomic E-state index is 12.6. The van der Waals surface area contributed by atoms with Gasteiger partial charge in [0.25, 0.3) is 5.91 Å². The first kappa shape index (κ1) is 20.6. The van der Waals surface area contributed by atoms with Crippen LogP contribution in [0.2, 0.25) is 0 Å². The van der Waals surface area contributed by atoms with Crippen molar-refractivity contribution in [3.05, 3.63) is 52.4 Å². The molecule has 0 bridgehead atoms. The Kier molecular flexibility index (Phi) is 6.55. The Morgan fingerprint density at radius 1 is 1.18 bits per heavy atom. The second kappa shape index (κ2) is 8.91. The van der Waals surface area contributed by atoms with Crippen LogP contribution in [0.1, 0.15) is 73.0 Å². The molecule has 1 aliphatic rings. The highest BCUT2D eigenvalue weighted by molar-refractivity contribution is 5.96. The number of hydrogen-bond acceptors (Lipinski definition) is 4. The molecule has 2 atom stereocenters. The van der Waals surface area contributed by atoms with Gasteiger partial charge in [0.05, 0.1) is 5.69 Å². The third-order valence-corrected chi connectivity index (χ3v) is 5.47. The minimum Gasteiger partial charge on any atom is -0.360 e. The van der Waals surface area contributed by atoms with Crippen molar-refractivity contribution < 1.29 is 9.32 Å². The van der Waals surface area contributed by atoms with Gasteiger partial charge in [-0.15, -0.1) is 0 Å². The van der Waals surface area contributed by atoms with Crippen molar-refractivity contribution in [3.8, 4) is 0 Å². The molecule has 0 saturated carbocycles. The highest BCUT2D eigenvalue weighted by Crippen LogP contribution is 2.23. The fourth-order valence-corrected chi connectivity index (χ4v) is 4.27. The van der Waals surface area contributed by atoms with Crippen LogP contribution in [0.3, 0.4) is 0 Å². The summed E-state index contributed by atoms with van der Waals surface area (Å²) in [6.45, 7) is 14.3. The molecule has 2 heterocycles. The summed E-state index contributed by atoms with van der Waals surface area (Å²) in [5, 5.41) is 6.95. The molecule has 5 nitrogen and oxygen atoms in total. The summed E-state index contributed by atoms with van der Waals surface area (Å²) in [4.78, 5) is 15.2. The van der Waals surface area contributed by atoms with E-state index >= 15 is 0 Å². The molecule has 5 heteroatoms. The van der Waals surface area contributed by atoms with E-state index in [1.165, 1.54) is 25.1 Å². The molecule has 1 amide bonds. The molecule has 1 fully saturated rings. The van der Waals surface area contributed by atoms with Crippen LogP contribution < -0.4 is 5.32 Å². The van der Waals surface area contributed by atoms with Gasteiger partial charge in [-0.25, -0.2) is 0 Å². The minimum absolute atomic E-state index is 0.122. The van der Waals surface area contributed by atoms with Gasteiger partial charge in [0.2, 0.25) is 0 Å². The molecule has 28 heavy (non-hydrogen) atoms. The topological polar surface area (TPSA) is 58.4 Å². The fraction of sp³-hybridized carbons (Fsp3) is 0.565. The molecular weight excluding hydrogens is 350 g/mol. The monoisotopic (exact) mass is 383 g/mol. The van der Waals surface area contributed by atoms with E-state index in [1.807, 2.05) is 13.8 Å². The van der Waals surface area contributed by atoms with Gasteiger partial charge in [-0.1, -0.05) is 57.1 Å². The highest BCUT2D eigenvalue weighted by Gasteiger charge is 2.23. The zero-order chi connectivity index (χ0) is 20.3. The summed E-state index contributed by atoms with van der Waals surface area (Å²) >= 11 is 0. The Bertz CT molecular complexity index is 785. The molecule has 0 spiro atoms. The molecule has 1 saturated heterocycles. The van der Waals surface area contributed by atoms with E-state index in [4.69, 9.17) is 4.52 Å². The standard InChI is InChI=1S/C23H33N3O2/c1-15(2)22-21(18(5)25-28-22)23(27)24-11-19-6-8-20(9-7-19)14-26-12-16(3)10-17(4)13-26/h6-9,15-17H,10-14H2,1-5H3,(H,24,27). The molecule has 3 rings (SSSR count). The lowest BCUT2D eigenvalue weighted by atomic mass is 9.91. The quantitative estimate of drug-likeness (QED) is 0.797. The molecule has 0 aliphatic carbocycles. The van der Waals surface area contributed by atoms with E-state index in [0.29, 0.717) is 23.6 Å². The van der Waals surface area contributed by atoms with E-state index in [1.54, 1.807) is 6.92 Å². The fourth-order valence-electron chi connectivity index (χ4n) is 4.27. The lowest BCUT2D eigenvalue weighted by molar-refractivity contribution is 0.0948. The number of likely N-dealkylation sites (tertiary alicyclic amines) is 1. The summed E-state index contributed by atoms with van der Waals surface area (Å²) in [5.74, 6) is 2.20. The SMILES string of the molecule is Cc1noc(C(C)C)c1C(=O)NCc1ccc(CN2CC(C)CC(C)C2)cc1. The van der Waals surface area contributed by atoms with Gasteiger partial charge in [-0.3, -0.25) is 9.69 Å². The summed E-state index contributed by atoms with van der Waals surface area (Å²) < 4.78 is 5.32. The average molecular weight is 384 g/mol. The van der Waals surface area contributed by atoms with Gasteiger partial charge in [-0.2, -0.15) is 0 Å². The first-order chi connectivity index (χ1) is 13.3. The molecule has 0 radical (unpaired) electrons. The molecule has 2 aromatic rings. The predicted octanol–water partition coefficient (Wildman–Crippen LogP) is 4.51. The van der Waals surface area contributed by atoms with E-state index in [9.17, 15) is 4.79 Å². The van der Waals surface area contributed by atoms with Crippen molar-refractivity contribution in [2.75, 3.05) is 13.1 Å². The van der Waals surface area contributed by atoms with Gasteiger partial charge >= 0.3 is 0 Å². The summed E-state index contributed by atoms with van der Waals surface area (Å²) in [6.07, 6.45) is 1.33. The van der Waals surface area contributed by atoms with E-state index in [2.05, 4.69) is 53.5 Å². The third-order valence-electron chi connectivity index (χ3n) is 5.47. The number of piperidine rings is 1. The highest BCUT2D eigenvalue weighted by atomic mass is 16.5. The number of nitrogens with one attached hydrogen (secondary N) is 1. The number of carbonyl (C=O) groups is 1. The van der Waals surface area contributed by atoms with Crippen LogP contribution in [0.5, 0.6) is 0 Å². The number of amides is 1. The number of benzene rings is 1. The van der Waals surface area contributed by atoms with Gasteiger partial charge in [0.1, 0.15) is 5.56 Å². The molecule has 1 aromatic carbocycles. The van der Waals surface area contributed by atoms with Crippen LogP contribution in [0.4, 0.5) is 0 Å². The Labute approximate surface area is 168 Å². The lowest BCUT2D eigenvalue weighted by Crippen LogP contribution is -2.38. The average Bonchev–Trinajstić information content (AvgIpc) is 3.02. The molecule has 1 aliphatic heterocycles. The molecule has 152 valence electrons. The second-order valence-electron chi connectivity index (χ2n) is 8.80. The normalized spacial score (nSPS) is 20.5. The van der Waals surface area contributed by atoms with Gasteiger partial charge in [0.15, 0.2) is 5.76 Å². The van der Waals surface area contributed by atoms with E-state index in [-0.39, 0.29) is 11.8 Å². The van der Waals surface area contributed by atoms with Crippen LogP contribution in [0.25, 0.3) is 0 Å². The van der Waals surface area contributed by atoms with Crippen LogP contribution in [-0.2, 0) is 13.1 Å². The van der Waals surface area contributed by atoms with Crippen LogP contribution in [0.15, 0.2) is 28.8 Å². The second-order valence-corrected chi connectivity index (χ2v) is 8.80. The molecule has 1 N–H and O–H groups in total. The molecule has 2 unspecified atom stereocenters. The zero-order valence-electron chi connectivity index (χ0n) is 17.8. The summed E-state index contributed by atoms with van der Waals surface area (Å²) in [6, 6.07) is 8.57. The van der Waals surface area contributed by atoms with Crippen molar-refractivity contribution in [1.29, 1.82) is 0 Å². The lowest BCUT2D eigenvalue weighted by Gasteiger charge is -2.35. The van der Waals surface area contributed by atoms with Crippen LogP contribution >= 0.6 is 0 Å². The Hall–Kier alpha value is -2.14. The Morgan fingerprint density at radius 3 is 2.39 bits per heavy atom. The van der Waals surface area contributed by atoms with Crippen molar-refractivity contribution in [2.45, 2.75) is 60.0 Å². The molecule has 1 aromatic heterocycles. The predicted molar refractivity (Wildman–Crippen MR) is 111 cm³/mol. The number of aromatic nitrogens is 1. The van der Waals surface area contributed by atoms with E-state index in [0.717, 1.165) is 23.9 Å². The third kappa shape index (κ3) is 5.02. The first-order valence-corrected chi connectivity index (χ1v) is 10.4. The summed E-state index contributed by atoms with van der Waals surface area (Å²) in [5.41, 5.74) is 3.63. The van der Waals surface area contributed by atoms with Gasteiger partial charge in [-0.05, 0) is 36.3 Å². The van der Waals surface area contributed by atoms with Crippen molar-refractivity contribution in [2.24, 2.45) is 11.8 Å².